The number of hydrogen-bond donors (Lipinski definition) is 0. The van der Waals surface area contributed by atoms with Crippen LogP contribution in [-0.4, -0.2) is 6.61 Å². The first-order valence-electron chi connectivity index (χ1n) is 6.30. The molecule has 0 radical (unpaired) electrons. The van der Waals surface area contributed by atoms with Crippen LogP contribution in [0, 0.1) is 0 Å². The van der Waals surface area contributed by atoms with Crippen molar-refractivity contribution in [1.29, 1.82) is 0 Å². The van der Waals surface area contributed by atoms with Crippen LogP contribution in [-0.2, 0) is 6.42 Å². The first kappa shape index (κ1) is 14.2. The van der Waals surface area contributed by atoms with Crippen molar-refractivity contribution in [2.75, 3.05) is 6.61 Å². The molecule has 0 aromatic heterocycles. The smallest absolute Gasteiger partial charge is 0.119 e. The molecule has 0 heterocycles. The zero-order valence-electron chi connectivity index (χ0n) is 10.8. The summed E-state index contributed by atoms with van der Waals surface area (Å²) < 4.78 is 5.41. The van der Waals surface area contributed by atoms with Crippen LogP contribution in [0.2, 0.25) is 5.02 Å². The molecule has 0 N–H and O–H groups in total. The molecule has 0 amide bonds. The molecule has 100 valence electrons. The number of halogens is 2. The molecule has 0 saturated carbocycles. The third-order valence-corrected chi connectivity index (χ3v) is 3.54. The van der Waals surface area contributed by atoms with Crippen molar-refractivity contribution >= 4 is 23.2 Å². The Hall–Kier alpha value is -1.18. The van der Waals surface area contributed by atoms with Gasteiger partial charge in [0.2, 0.25) is 0 Å². The summed E-state index contributed by atoms with van der Waals surface area (Å²) in [6, 6.07) is 15.7. The van der Waals surface area contributed by atoms with E-state index in [0.717, 1.165) is 22.8 Å². The minimum absolute atomic E-state index is 0.0446. The lowest BCUT2D eigenvalue weighted by Crippen LogP contribution is -1.97. The van der Waals surface area contributed by atoms with E-state index in [1.807, 2.05) is 55.5 Å². The number of alkyl halides is 1. The second-order valence-corrected chi connectivity index (χ2v) is 5.26. The van der Waals surface area contributed by atoms with E-state index in [0.29, 0.717) is 6.61 Å². The third-order valence-electron chi connectivity index (χ3n) is 2.88. The van der Waals surface area contributed by atoms with E-state index >= 15 is 0 Å². The van der Waals surface area contributed by atoms with Gasteiger partial charge in [-0.1, -0.05) is 35.9 Å². The lowest BCUT2D eigenvalue weighted by Gasteiger charge is -2.11. The highest BCUT2D eigenvalue weighted by Crippen LogP contribution is 2.27. The molecule has 3 heteroatoms. The molecule has 0 aliphatic rings. The second kappa shape index (κ2) is 6.83. The van der Waals surface area contributed by atoms with Crippen LogP contribution < -0.4 is 4.74 Å². The van der Waals surface area contributed by atoms with Crippen molar-refractivity contribution in [3.05, 3.63) is 64.7 Å². The molecule has 2 aromatic rings. The monoisotopic (exact) mass is 294 g/mol. The Labute approximate surface area is 124 Å². The molecule has 1 unspecified atom stereocenters. The summed E-state index contributed by atoms with van der Waals surface area (Å²) in [5.74, 6) is 0.876. The predicted molar refractivity (Wildman–Crippen MR) is 81.4 cm³/mol. The molecule has 0 bridgehead atoms. The van der Waals surface area contributed by atoms with Crippen molar-refractivity contribution in [2.45, 2.75) is 18.7 Å². The van der Waals surface area contributed by atoms with Gasteiger partial charge in [-0.05, 0) is 48.7 Å². The first-order valence-corrected chi connectivity index (χ1v) is 7.11. The molecule has 0 aliphatic carbocycles. The number of rotatable bonds is 5. The van der Waals surface area contributed by atoms with Gasteiger partial charge in [-0.15, -0.1) is 11.6 Å². The van der Waals surface area contributed by atoms with Crippen LogP contribution in [0.5, 0.6) is 5.75 Å². The lowest BCUT2D eigenvalue weighted by atomic mass is 10.0. The van der Waals surface area contributed by atoms with E-state index in [1.165, 1.54) is 5.56 Å². The predicted octanol–water partition coefficient (Wildman–Crippen LogP) is 5.26. The summed E-state index contributed by atoms with van der Waals surface area (Å²) in [7, 11) is 0. The van der Waals surface area contributed by atoms with Crippen LogP contribution in [0.25, 0.3) is 0 Å². The summed E-state index contributed by atoms with van der Waals surface area (Å²) in [5, 5.41) is 0.702. The average Bonchev–Trinajstić information content (AvgIpc) is 2.42. The summed E-state index contributed by atoms with van der Waals surface area (Å²) >= 11 is 12.3. The summed E-state index contributed by atoms with van der Waals surface area (Å²) in [6.07, 6.45) is 0.784. The fourth-order valence-electron chi connectivity index (χ4n) is 1.88. The number of ether oxygens (including phenoxy) is 1. The molecular formula is C16H16Cl2O. The summed E-state index contributed by atoms with van der Waals surface area (Å²) in [4.78, 5) is 0. The van der Waals surface area contributed by atoms with E-state index in [2.05, 4.69) is 0 Å². The maximum absolute atomic E-state index is 6.44. The Morgan fingerprint density at radius 2 is 1.63 bits per heavy atom. The van der Waals surface area contributed by atoms with Crippen molar-refractivity contribution in [2.24, 2.45) is 0 Å². The molecule has 1 nitrogen and oxygen atoms in total. The second-order valence-electron chi connectivity index (χ2n) is 4.30. The maximum Gasteiger partial charge on any atom is 0.119 e. The molecule has 0 spiro atoms. The van der Waals surface area contributed by atoms with Crippen molar-refractivity contribution in [1.82, 2.24) is 0 Å². The van der Waals surface area contributed by atoms with Crippen LogP contribution in [0.1, 0.15) is 23.4 Å². The van der Waals surface area contributed by atoms with Gasteiger partial charge >= 0.3 is 0 Å². The lowest BCUT2D eigenvalue weighted by molar-refractivity contribution is 0.340. The Balaban J connectivity index is 2.02. The zero-order chi connectivity index (χ0) is 13.7. The molecule has 19 heavy (non-hydrogen) atoms. The molecule has 0 aliphatic heterocycles. The Morgan fingerprint density at radius 1 is 1.00 bits per heavy atom. The maximum atomic E-state index is 6.44. The molecular weight excluding hydrogens is 279 g/mol. The average molecular weight is 295 g/mol. The van der Waals surface area contributed by atoms with E-state index in [-0.39, 0.29) is 5.38 Å². The fraction of sp³-hybridized carbons (Fsp3) is 0.250. The fourth-order valence-corrected chi connectivity index (χ4v) is 2.33. The SMILES string of the molecule is CCOc1ccc(C(Cl)Cc2ccc(Cl)cc2)cc1. The number of benzene rings is 2. The van der Waals surface area contributed by atoms with Gasteiger partial charge in [-0.3, -0.25) is 0 Å². The third kappa shape index (κ3) is 4.15. The van der Waals surface area contributed by atoms with E-state index in [9.17, 15) is 0 Å². The molecule has 2 aromatic carbocycles. The Morgan fingerprint density at radius 3 is 2.21 bits per heavy atom. The standard InChI is InChI=1S/C16H16Cl2O/c1-2-19-15-9-5-13(6-10-15)16(18)11-12-3-7-14(17)8-4-12/h3-10,16H,2,11H2,1H3. The van der Waals surface area contributed by atoms with Gasteiger partial charge in [-0.2, -0.15) is 0 Å². The van der Waals surface area contributed by atoms with E-state index in [4.69, 9.17) is 27.9 Å². The topological polar surface area (TPSA) is 9.23 Å². The highest BCUT2D eigenvalue weighted by molar-refractivity contribution is 6.30. The summed E-state index contributed by atoms with van der Waals surface area (Å²) in [5.41, 5.74) is 2.28. The Kier molecular flexibility index (Phi) is 5.12. The van der Waals surface area contributed by atoms with Crippen LogP contribution in [0.4, 0.5) is 0 Å². The van der Waals surface area contributed by atoms with E-state index < -0.39 is 0 Å². The minimum Gasteiger partial charge on any atom is -0.494 e. The minimum atomic E-state index is -0.0446. The van der Waals surface area contributed by atoms with E-state index in [1.54, 1.807) is 0 Å². The van der Waals surface area contributed by atoms with Gasteiger partial charge in [-0.25, -0.2) is 0 Å². The van der Waals surface area contributed by atoms with Crippen molar-refractivity contribution in [3.63, 3.8) is 0 Å². The highest BCUT2D eigenvalue weighted by atomic mass is 35.5. The summed E-state index contributed by atoms with van der Waals surface area (Å²) in [6.45, 7) is 2.65. The highest BCUT2D eigenvalue weighted by Gasteiger charge is 2.09. The number of hydrogen-bond acceptors (Lipinski definition) is 1. The van der Waals surface area contributed by atoms with Gasteiger partial charge in [0.25, 0.3) is 0 Å². The molecule has 2 rings (SSSR count). The molecule has 1 atom stereocenters. The van der Waals surface area contributed by atoms with Gasteiger partial charge < -0.3 is 4.74 Å². The molecule has 0 fully saturated rings. The van der Waals surface area contributed by atoms with Gasteiger partial charge in [0.05, 0.1) is 12.0 Å². The quantitative estimate of drug-likeness (QED) is 0.683. The van der Waals surface area contributed by atoms with Crippen LogP contribution in [0.15, 0.2) is 48.5 Å². The zero-order valence-corrected chi connectivity index (χ0v) is 12.3. The van der Waals surface area contributed by atoms with Crippen molar-refractivity contribution in [3.8, 4) is 5.75 Å². The normalized spacial score (nSPS) is 12.2. The van der Waals surface area contributed by atoms with Gasteiger partial charge in [0.15, 0.2) is 0 Å². The Bertz CT molecular complexity index is 505. The first-order chi connectivity index (χ1) is 9.19. The van der Waals surface area contributed by atoms with Crippen molar-refractivity contribution < 1.29 is 4.74 Å². The van der Waals surface area contributed by atoms with Gasteiger partial charge in [0.1, 0.15) is 5.75 Å². The van der Waals surface area contributed by atoms with Crippen LogP contribution >= 0.6 is 23.2 Å². The largest absolute Gasteiger partial charge is 0.494 e. The van der Waals surface area contributed by atoms with Gasteiger partial charge in [0, 0.05) is 5.02 Å². The van der Waals surface area contributed by atoms with Crippen LogP contribution in [0.3, 0.4) is 0 Å². The molecule has 0 saturated heterocycles.